The number of likely N-dealkylation sites (tertiary alicyclic amines) is 1. The molecule has 11 heteroatoms. The average molecular weight is 480 g/mol. The fourth-order valence-electron chi connectivity index (χ4n) is 3.73. The van der Waals surface area contributed by atoms with E-state index in [9.17, 15) is 27.9 Å². The number of halogens is 3. The Labute approximate surface area is 195 Å². The lowest BCUT2D eigenvalue weighted by molar-refractivity contribution is -0.145. The number of nitrogens with zero attached hydrogens (tertiary/aromatic N) is 4. The van der Waals surface area contributed by atoms with Gasteiger partial charge in [0.2, 0.25) is 5.82 Å². The average Bonchev–Trinajstić information content (AvgIpc) is 3.05. The quantitative estimate of drug-likeness (QED) is 0.694. The van der Waals surface area contributed by atoms with E-state index >= 15 is 0 Å². The van der Waals surface area contributed by atoms with Gasteiger partial charge >= 0.3 is 12.3 Å². The number of Topliss-reactive ketones (excluding diaryl/α,β-unsaturated/α-hetero) is 1. The van der Waals surface area contributed by atoms with Gasteiger partial charge in [-0.25, -0.2) is 14.8 Å². The highest BCUT2D eigenvalue weighted by atomic mass is 19.4. The minimum Gasteiger partial charge on any atom is -0.444 e. The van der Waals surface area contributed by atoms with Gasteiger partial charge < -0.3 is 9.84 Å². The summed E-state index contributed by atoms with van der Waals surface area (Å²) in [7, 11) is 0. The number of hydrogen-bond acceptors (Lipinski definition) is 7. The van der Waals surface area contributed by atoms with Crippen LogP contribution in [0, 0.1) is 0 Å². The standard InChI is InChI=1S/C23H27F3N4O4/c1-13-19(32)10-17(30(13)21(33)34-22(2,3)4)18(31)6-5-14-7-8-27-16(9-14)15-11-28-20(29-12-15)23(24,25)26/h7-9,11-13,17,19,32H,5-6,10H2,1-4H3/t13-,17-,19-/m0/s1. The third kappa shape index (κ3) is 6.07. The van der Waals surface area contributed by atoms with E-state index in [-0.39, 0.29) is 18.6 Å². The summed E-state index contributed by atoms with van der Waals surface area (Å²) in [5.41, 5.74) is 0.672. The smallest absolute Gasteiger partial charge is 0.444 e. The van der Waals surface area contributed by atoms with Crippen molar-refractivity contribution in [1.82, 2.24) is 19.9 Å². The van der Waals surface area contributed by atoms with Crippen molar-refractivity contribution in [1.29, 1.82) is 0 Å². The number of aliphatic hydroxyl groups excluding tert-OH is 1. The predicted octanol–water partition coefficient (Wildman–Crippen LogP) is 3.82. The molecule has 0 unspecified atom stereocenters. The SMILES string of the molecule is C[C@H]1[C@@H](O)C[C@@H](C(=O)CCc2ccnc(-c3cnc(C(F)(F)F)nc3)c2)N1C(=O)OC(C)(C)C. The molecule has 0 radical (unpaired) electrons. The van der Waals surface area contributed by atoms with Gasteiger partial charge in [-0.2, -0.15) is 13.2 Å². The van der Waals surface area contributed by atoms with Crippen LogP contribution in [-0.4, -0.2) is 60.6 Å². The summed E-state index contributed by atoms with van der Waals surface area (Å²) in [6, 6.07) is 1.98. The summed E-state index contributed by atoms with van der Waals surface area (Å²) >= 11 is 0. The van der Waals surface area contributed by atoms with Crippen LogP contribution in [-0.2, 0) is 22.1 Å². The molecule has 1 aliphatic rings. The summed E-state index contributed by atoms with van der Waals surface area (Å²) in [5, 5.41) is 10.3. The molecule has 34 heavy (non-hydrogen) atoms. The maximum absolute atomic E-state index is 13.0. The van der Waals surface area contributed by atoms with Crippen LogP contribution in [0.15, 0.2) is 30.7 Å². The molecule has 2 aromatic heterocycles. The lowest BCUT2D eigenvalue weighted by Crippen LogP contribution is -2.47. The highest BCUT2D eigenvalue weighted by molar-refractivity contribution is 5.88. The van der Waals surface area contributed by atoms with Crippen molar-refractivity contribution in [2.75, 3.05) is 0 Å². The molecule has 1 N–H and O–H groups in total. The Kier molecular flexibility index (Phi) is 7.25. The molecule has 3 atom stereocenters. The molecule has 1 fully saturated rings. The van der Waals surface area contributed by atoms with Crippen LogP contribution in [0.2, 0.25) is 0 Å². The Morgan fingerprint density at radius 1 is 1.18 bits per heavy atom. The largest absolute Gasteiger partial charge is 0.451 e. The molecular formula is C23H27F3N4O4. The number of pyridine rings is 1. The number of amides is 1. The van der Waals surface area contributed by atoms with Crippen molar-refractivity contribution < 1.29 is 32.6 Å². The van der Waals surface area contributed by atoms with E-state index < -0.39 is 41.9 Å². The van der Waals surface area contributed by atoms with Gasteiger partial charge in [0.1, 0.15) is 5.60 Å². The van der Waals surface area contributed by atoms with Crippen LogP contribution in [0.1, 0.15) is 51.9 Å². The van der Waals surface area contributed by atoms with E-state index in [0.717, 1.165) is 18.0 Å². The number of aliphatic hydroxyl groups is 1. The fourth-order valence-corrected chi connectivity index (χ4v) is 3.73. The third-order valence-corrected chi connectivity index (χ3v) is 5.46. The molecule has 1 saturated heterocycles. The van der Waals surface area contributed by atoms with Crippen molar-refractivity contribution in [2.45, 2.75) is 76.9 Å². The zero-order valence-corrected chi connectivity index (χ0v) is 19.3. The molecule has 1 amide bonds. The molecule has 3 heterocycles. The van der Waals surface area contributed by atoms with Gasteiger partial charge in [-0.05, 0) is 51.8 Å². The maximum Gasteiger partial charge on any atom is 0.451 e. The highest BCUT2D eigenvalue weighted by Gasteiger charge is 2.45. The molecule has 0 spiro atoms. The van der Waals surface area contributed by atoms with Gasteiger partial charge in [0.05, 0.1) is 23.9 Å². The number of aryl methyl sites for hydroxylation is 1. The van der Waals surface area contributed by atoms with E-state index in [1.165, 1.54) is 11.1 Å². The number of ketones is 1. The van der Waals surface area contributed by atoms with E-state index in [4.69, 9.17) is 4.74 Å². The molecule has 0 bridgehead atoms. The first-order valence-corrected chi connectivity index (χ1v) is 10.8. The fraction of sp³-hybridized carbons (Fsp3) is 0.522. The van der Waals surface area contributed by atoms with Crippen molar-refractivity contribution in [3.8, 4) is 11.3 Å². The topological polar surface area (TPSA) is 106 Å². The Balaban J connectivity index is 1.69. The number of carbonyl (C=O) groups excluding carboxylic acids is 2. The van der Waals surface area contributed by atoms with Crippen molar-refractivity contribution in [3.05, 3.63) is 42.1 Å². The number of alkyl halides is 3. The normalized spacial score (nSPS) is 20.9. The third-order valence-electron chi connectivity index (χ3n) is 5.46. The molecular weight excluding hydrogens is 453 g/mol. The molecule has 8 nitrogen and oxygen atoms in total. The molecule has 3 rings (SSSR count). The maximum atomic E-state index is 13.0. The van der Waals surface area contributed by atoms with Gasteiger partial charge in [-0.15, -0.1) is 0 Å². The number of ether oxygens (including phenoxy) is 1. The van der Waals surface area contributed by atoms with Gasteiger partial charge in [-0.1, -0.05) is 0 Å². The summed E-state index contributed by atoms with van der Waals surface area (Å²) in [6.07, 6.45) is -2.00. The lowest BCUT2D eigenvalue weighted by atomic mass is 10.0. The lowest BCUT2D eigenvalue weighted by Gasteiger charge is -2.30. The molecule has 0 aliphatic carbocycles. The highest BCUT2D eigenvalue weighted by Crippen LogP contribution is 2.29. The number of carbonyl (C=O) groups is 2. The predicted molar refractivity (Wildman–Crippen MR) is 116 cm³/mol. The summed E-state index contributed by atoms with van der Waals surface area (Å²) in [5.74, 6) is -1.45. The van der Waals surface area contributed by atoms with Crippen molar-refractivity contribution >= 4 is 11.9 Å². The van der Waals surface area contributed by atoms with Crippen LogP contribution in [0.25, 0.3) is 11.3 Å². The molecule has 0 aromatic carbocycles. The summed E-state index contributed by atoms with van der Waals surface area (Å²) in [6.45, 7) is 6.84. The second-order valence-electron chi connectivity index (χ2n) is 9.26. The van der Waals surface area contributed by atoms with Crippen LogP contribution in [0.5, 0.6) is 0 Å². The van der Waals surface area contributed by atoms with Crippen LogP contribution >= 0.6 is 0 Å². The first-order chi connectivity index (χ1) is 15.8. The Morgan fingerprint density at radius 2 is 1.82 bits per heavy atom. The van der Waals surface area contributed by atoms with Gasteiger partial charge in [-0.3, -0.25) is 14.7 Å². The number of rotatable bonds is 5. The molecule has 1 aliphatic heterocycles. The van der Waals surface area contributed by atoms with Gasteiger partial charge in [0.25, 0.3) is 0 Å². The van der Waals surface area contributed by atoms with Crippen molar-refractivity contribution in [3.63, 3.8) is 0 Å². The van der Waals surface area contributed by atoms with Crippen LogP contribution in [0.4, 0.5) is 18.0 Å². The molecule has 184 valence electrons. The summed E-state index contributed by atoms with van der Waals surface area (Å²) < 4.78 is 43.4. The molecule has 2 aromatic rings. The zero-order chi connectivity index (χ0) is 25.3. The van der Waals surface area contributed by atoms with Crippen LogP contribution < -0.4 is 0 Å². The Bertz CT molecular complexity index is 1040. The Hall–Kier alpha value is -3.08. The van der Waals surface area contributed by atoms with Gasteiger partial charge in [0.15, 0.2) is 5.78 Å². The minimum atomic E-state index is -4.63. The first-order valence-electron chi connectivity index (χ1n) is 10.8. The van der Waals surface area contributed by atoms with Crippen molar-refractivity contribution in [2.24, 2.45) is 0 Å². The van der Waals surface area contributed by atoms with Crippen LogP contribution in [0.3, 0.4) is 0 Å². The Morgan fingerprint density at radius 3 is 2.41 bits per heavy atom. The van der Waals surface area contributed by atoms with E-state index in [2.05, 4.69) is 15.0 Å². The second kappa shape index (κ2) is 9.65. The van der Waals surface area contributed by atoms with E-state index in [1.807, 2.05) is 0 Å². The monoisotopic (exact) mass is 480 g/mol. The zero-order valence-electron chi connectivity index (χ0n) is 19.3. The second-order valence-corrected chi connectivity index (χ2v) is 9.26. The molecule has 0 saturated carbocycles. The van der Waals surface area contributed by atoms with E-state index in [1.54, 1.807) is 39.8 Å². The van der Waals surface area contributed by atoms with Gasteiger partial charge in [0, 0.05) is 37.0 Å². The number of aromatic nitrogens is 3. The number of hydrogen-bond donors (Lipinski definition) is 1. The first kappa shape index (κ1) is 25.5. The van der Waals surface area contributed by atoms with E-state index in [0.29, 0.717) is 17.7 Å². The minimum absolute atomic E-state index is 0.0936. The summed E-state index contributed by atoms with van der Waals surface area (Å²) in [4.78, 5) is 37.8.